The van der Waals surface area contributed by atoms with Crippen molar-refractivity contribution in [1.82, 2.24) is 4.90 Å². The lowest BCUT2D eigenvalue weighted by atomic mass is 10.1. The zero-order valence-corrected chi connectivity index (χ0v) is 10.1. The third kappa shape index (κ3) is 5.52. The van der Waals surface area contributed by atoms with Gasteiger partial charge in [0, 0.05) is 19.6 Å². The highest BCUT2D eigenvalue weighted by Crippen LogP contribution is 2.29. The first kappa shape index (κ1) is 15.8. The van der Waals surface area contributed by atoms with Crippen LogP contribution in [-0.4, -0.2) is 31.0 Å². The highest BCUT2D eigenvalue weighted by Gasteiger charge is 2.30. The Kier molecular flexibility index (Phi) is 5.68. The molecule has 0 bridgehead atoms. The molecule has 19 heavy (non-hydrogen) atoms. The molecule has 0 amide bonds. The summed E-state index contributed by atoms with van der Waals surface area (Å²) in [5.41, 5.74) is 4.85. The fraction of sp³-hybridized carbons (Fsp3) is 0.500. The Labute approximate surface area is 108 Å². The summed E-state index contributed by atoms with van der Waals surface area (Å²) in [6, 6.07) is 4.66. The maximum absolute atomic E-state index is 12.5. The van der Waals surface area contributed by atoms with E-state index in [9.17, 15) is 22.0 Å². The Morgan fingerprint density at radius 1 is 1.21 bits per heavy atom. The molecule has 0 unspecified atom stereocenters. The number of nitrogens with zero attached hydrogens (tertiary/aromatic N) is 1. The number of benzene rings is 1. The van der Waals surface area contributed by atoms with E-state index in [4.69, 9.17) is 5.73 Å². The van der Waals surface area contributed by atoms with Gasteiger partial charge in [-0.15, -0.1) is 0 Å². The van der Waals surface area contributed by atoms with Crippen molar-refractivity contribution < 1.29 is 22.0 Å². The molecule has 0 radical (unpaired) electrons. The molecule has 0 aliphatic heterocycles. The Morgan fingerprint density at radius 2 is 1.89 bits per heavy atom. The monoisotopic (exact) mass is 282 g/mol. The Balaban J connectivity index is 2.79. The topological polar surface area (TPSA) is 29.3 Å². The van der Waals surface area contributed by atoms with E-state index in [1.807, 2.05) is 0 Å². The summed E-state index contributed by atoms with van der Waals surface area (Å²) in [5.74, 6) is 0. The summed E-state index contributed by atoms with van der Waals surface area (Å²) in [7, 11) is 0. The van der Waals surface area contributed by atoms with Crippen molar-refractivity contribution in [3.05, 3.63) is 35.4 Å². The van der Waals surface area contributed by atoms with Crippen LogP contribution in [0, 0.1) is 0 Å². The van der Waals surface area contributed by atoms with Crippen molar-refractivity contribution in [1.29, 1.82) is 0 Å². The van der Waals surface area contributed by atoms with Gasteiger partial charge in [0.1, 0.15) is 0 Å². The van der Waals surface area contributed by atoms with Crippen LogP contribution in [0.15, 0.2) is 24.3 Å². The van der Waals surface area contributed by atoms with Gasteiger partial charge < -0.3 is 5.73 Å². The lowest BCUT2D eigenvalue weighted by Gasteiger charge is -2.21. The molecule has 0 aliphatic rings. The van der Waals surface area contributed by atoms with Crippen LogP contribution in [0.4, 0.5) is 22.0 Å². The van der Waals surface area contributed by atoms with Crippen LogP contribution in [0.25, 0.3) is 0 Å². The summed E-state index contributed by atoms with van der Waals surface area (Å²) in [6.07, 6.45) is -6.98. The lowest BCUT2D eigenvalue weighted by Crippen LogP contribution is -2.33. The second-order valence-electron chi connectivity index (χ2n) is 4.11. The first-order chi connectivity index (χ1) is 8.82. The molecule has 0 fully saturated rings. The molecule has 2 nitrogen and oxygen atoms in total. The molecule has 1 rings (SSSR count). The molecule has 0 atom stereocenters. The SMILES string of the molecule is NCCN(Cc1cccc(C(F)(F)F)c1)CC(F)F. The Morgan fingerprint density at radius 3 is 2.42 bits per heavy atom. The normalized spacial score (nSPS) is 12.4. The van der Waals surface area contributed by atoms with Crippen LogP contribution >= 0.6 is 0 Å². The van der Waals surface area contributed by atoms with E-state index in [0.717, 1.165) is 12.1 Å². The van der Waals surface area contributed by atoms with E-state index >= 15 is 0 Å². The fourth-order valence-corrected chi connectivity index (χ4v) is 1.72. The summed E-state index contributed by atoms with van der Waals surface area (Å²) in [4.78, 5) is 1.33. The number of rotatable bonds is 6. The highest BCUT2D eigenvalue weighted by molar-refractivity contribution is 5.25. The van der Waals surface area contributed by atoms with Crippen molar-refractivity contribution in [2.75, 3.05) is 19.6 Å². The number of alkyl halides is 5. The molecule has 0 spiro atoms. The van der Waals surface area contributed by atoms with Gasteiger partial charge in [-0.05, 0) is 11.6 Å². The molecular formula is C12H15F5N2. The van der Waals surface area contributed by atoms with Gasteiger partial charge >= 0.3 is 6.18 Å². The van der Waals surface area contributed by atoms with Gasteiger partial charge in [-0.25, -0.2) is 8.78 Å². The average Bonchev–Trinajstić information content (AvgIpc) is 2.27. The molecule has 0 aliphatic carbocycles. The Bertz CT molecular complexity index is 392. The van der Waals surface area contributed by atoms with Crippen molar-refractivity contribution in [2.24, 2.45) is 5.73 Å². The molecule has 7 heteroatoms. The predicted octanol–water partition coefficient (Wildman–Crippen LogP) is 2.73. The van der Waals surface area contributed by atoms with E-state index in [0.29, 0.717) is 5.56 Å². The lowest BCUT2D eigenvalue weighted by molar-refractivity contribution is -0.137. The number of nitrogens with two attached hydrogens (primary N) is 1. The standard InChI is InChI=1S/C12H15F5N2/c13-11(14)8-19(5-4-18)7-9-2-1-3-10(6-9)12(15,16)17/h1-3,6,11H,4-5,7-8,18H2. The number of hydrogen-bond acceptors (Lipinski definition) is 2. The molecular weight excluding hydrogens is 267 g/mol. The third-order valence-electron chi connectivity index (χ3n) is 2.50. The van der Waals surface area contributed by atoms with Crippen LogP contribution < -0.4 is 5.73 Å². The average molecular weight is 282 g/mol. The van der Waals surface area contributed by atoms with E-state index in [2.05, 4.69) is 0 Å². The zero-order chi connectivity index (χ0) is 14.5. The summed E-state index contributed by atoms with van der Waals surface area (Å²) < 4.78 is 62.2. The minimum Gasteiger partial charge on any atom is -0.329 e. The predicted molar refractivity (Wildman–Crippen MR) is 61.8 cm³/mol. The second-order valence-corrected chi connectivity index (χ2v) is 4.11. The largest absolute Gasteiger partial charge is 0.416 e. The van der Waals surface area contributed by atoms with Crippen LogP contribution in [0.5, 0.6) is 0 Å². The van der Waals surface area contributed by atoms with Gasteiger partial charge in [-0.3, -0.25) is 4.90 Å². The maximum atomic E-state index is 12.5. The van der Waals surface area contributed by atoms with Gasteiger partial charge in [0.25, 0.3) is 6.43 Å². The Hall–Kier alpha value is -1.21. The smallest absolute Gasteiger partial charge is 0.329 e. The molecule has 0 saturated carbocycles. The van der Waals surface area contributed by atoms with Crippen molar-refractivity contribution in [3.63, 3.8) is 0 Å². The van der Waals surface area contributed by atoms with Crippen LogP contribution in [0.3, 0.4) is 0 Å². The van der Waals surface area contributed by atoms with E-state index in [1.54, 1.807) is 0 Å². The molecule has 0 saturated heterocycles. The van der Waals surface area contributed by atoms with Crippen LogP contribution in [0.2, 0.25) is 0 Å². The van der Waals surface area contributed by atoms with Crippen LogP contribution in [-0.2, 0) is 12.7 Å². The van der Waals surface area contributed by atoms with Gasteiger partial charge in [0.05, 0.1) is 12.1 Å². The number of hydrogen-bond donors (Lipinski definition) is 1. The van der Waals surface area contributed by atoms with Crippen molar-refractivity contribution in [2.45, 2.75) is 19.1 Å². The minimum absolute atomic E-state index is 0.0193. The van der Waals surface area contributed by atoms with Gasteiger partial charge in [0.2, 0.25) is 0 Å². The highest BCUT2D eigenvalue weighted by atomic mass is 19.4. The molecule has 1 aromatic carbocycles. The zero-order valence-electron chi connectivity index (χ0n) is 10.1. The van der Waals surface area contributed by atoms with E-state index in [1.165, 1.54) is 17.0 Å². The minimum atomic E-state index is -4.43. The summed E-state index contributed by atoms with van der Waals surface area (Å²) in [6.45, 7) is -0.106. The third-order valence-corrected chi connectivity index (χ3v) is 2.50. The maximum Gasteiger partial charge on any atom is 0.416 e. The fourth-order valence-electron chi connectivity index (χ4n) is 1.72. The molecule has 108 valence electrons. The van der Waals surface area contributed by atoms with Crippen LogP contribution in [0.1, 0.15) is 11.1 Å². The number of halogens is 5. The summed E-state index contributed by atoms with van der Waals surface area (Å²) in [5, 5.41) is 0. The van der Waals surface area contributed by atoms with E-state index in [-0.39, 0.29) is 19.6 Å². The molecule has 0 heterocycles. The molecule has 0 aromatic heterocycles. The van der Waals surface area contributed by atoms with Gasteiger partial charge in [-0.2, -0.15) is 13.2 Å². The first-order valence-electron chi connectivity index (χ1n) is 5.69. The first-order valence-corrected chi connectivity index (χ1v) is 5.69. The molecule has 1 aromatic rings. The van der Waals surface area contributed by atoms with Gasteiger partial charge in [0.15, 0.2) is 0 Å². The quantitative estimate of drug-likeness (QED) is 0.813. The second kappa shape index (κ2) is 6.81. The van der Waals surface area contributed by atoms with Crippen molar-refractivity contribution in [3.8, 4) is 0 Å². The van der Waals surface area contributed by atoms with Crippen molar-refractivity contribution >= 4 is 0 Å². The summed E-state index contributed by atoms with van der Waals surface area (Å²) >= 11 is 0. The van der Waals surface area contributed by atoms with Gasteiger partial charge in [-0.1, -0.05) is 18.2 Å². The van der Waals surface area contributed by atoms with E-state index < -0.39 is 24.7 Å². The molecule has 2 N–H and O–H groups in total.